The van der Waals surface area contributed by atoms with Crippen molar-refractivity contribution < 1.29 is 23.0 Å². The number of nitrogens with one attached hydrogen (secondary N) is 1. The van der Waals surface area contributed by atoms with Gasteiger partial charge < -0.3 is 14.8 Å². The van der Waals surface area contributed by atoms with Crippen LogP contribution in [-0.2, 0) is 0 Å². The van der Waals surface area contributed by atoms with Gasteiger partial charge in [-0.25, -0.2) is 8.78 Å². The fourth-order valence-corrected chi connectivity index (χ4v) is 2.20. The molecule has 0 aliphatic heterocycles. The smallest absolute Gasteiger partial charge is 0.254 e. The van der Waals surface area contributed by atoms with E-state index in [4.69, 9.17) is 9.47 Å². The third-order valence-corrected chi connectivity index (χ3v) is 3.43. The van der Waals surface area contributed by atoms with Crippen LogP contribution in [0.25, 0.3) is 0 Å². The maximum absolute atomic E-state index is 13.7. The minimum atomic E-state index is -0.906. The van der Waals surface area contributed by atoms with Gasteiger partial charge in [0.15, 0.2) is 0 Å². The Kier molecular flexibility index (Phi) is 5.16. The maximum Gasteiger partial charge on any atom is 0.254 e. The normalized spacial score (nSPS) is 11.7. The monoisotopic (exact) mass is 321 g/mol. The van der Waals surface area contributed by atoms with Crippen LogP contribution in [0.1, 0.15) is 28.9 Å². The first kappa shape index (κ1) is 16.7. The van der Waals surface area contributed by atoms with Crippen LogP contribution in [0, 0.1) is 11.6 Å². The zero-order chi connectivity index (χ0) is 17.0. The molecule has 122 valence electrons. The van der Waals surface area contributed by atoms with E-state index >= 15 is 0 Å². The summed E-state index contributed by atoms with van der Waals surface area (Å²) in [5.41, 5.74) is 0.495. The average molecular weight is 321 g/mol. The summed E-state index contributed by atoms with van der Waals surface area (Å²) in [4.78, 5) is 12.1. The summed E-state index contributed by atoms with van der Waals surface area (Å²) in [6.07, 6.45) is 0. The first-order valence-electron chi connectivity index (χ1n) is 6.94. The van der Waals surface area contributed by atoms with Gasteiger partial charge in [0.1, 0.15) is 23.1 Å². The van der Waals surface area contributed by atoms with E-state index in [0.29, 0.717) is 23.1 Å². The highest BCUT2D eigenvalue weighted by Gasteiger charge is 2.18. The van der Waals surface area contributed by atoms with Gasteiger partial charge in [-0.15, -0.1) is 0 Å². The Hall–Kier alpha value is -2.63. The molecule has 1 amide bonds. The van der Waals surface area contributed by atoms with Crippen LogP contribution in [0.4, 0.5) is 8.78 Å². The highest BCUT2D eigenvalue weighted by atomic mass is 19.1. The van der Waals surface area contributed by atoms with Crippen molar-refractivity contribution in [3.8, 4) is 11.5 Å². The predicted octanol–water partition coefficient (Wildman–Crippen LogP) is 3.47. The van der Waals surface area contributed by atoms with E-state index in [1.807, 2.05) is 0 Å². The lowest BCUT2D eigenvalue weighted by molar-refractivity contribution is 0.0935. The average Bonchev–Trinajstić information content (AvgIpc) is 2.53. The SMILES string of the molecule is COc1ccc(C(C)NC(=O)c2ccc(F)cc2F)c(OC)c1. The number of amides is 1. The Labute approximate surface area is 133 Å². The number of halogens is 2. The number of carbonyl (C=O) groups is 1. The summed E-state index contributed by atoms with van der Waals surface area (Å²) in [6.45, 7) is 1.74. The van der Waals surface area contributed by atoms with Crippen molar-refractivity contribution in [3.05, 3.63) is 59.2 Å². The van der Waals surface area contributed by atoms with Crippen LogP contribution in [-0.4, -0.2) is 20.1 Å². The van der Waals surface area contributed by atoms with Gasteiger partial charge in [-0.1, -0.05) is 0 Å². The van der Waals surface area contributed by atoms with Crippen LogP contribution < -0.4 is 14.8 Å². The molecule has 1 unspecified atom stereocenters. The summed E-state index contributed by atoms with van der Waals surface area (Å²) >= 11 is 0. The van der Waals surface area contributed by atoms with Crippen molar-refractivity contribution in [3.63, 3.8) is 0 Å². The van der Waals surface area contributed by atoms with Gasteiger partial charge in [0.25, 0.3) is 5.91 Å². The van der Waals surface area contributed by atoms with Crippen molar-refractivity contribution >= 4 is 5.91 Å². The Balaban J connectivity index is 2.21. The molecule has 0 radical (unpaired) electrons. The summed E-state index contributed by atoms with van der Waals surface area (Å²) < 4.78 is 37.0. The van der Waals surface area contributed by atoms with E-state index < -0.39 is 23.6 Å². The summed E-state index contributed by atoms with van der Waals surface area (Å²) in [6, 6.07) is 7.56. The number of carbonyl (C=O) groups excluding carboxylic acids is 1. The number of methoxy groups -OCH3 is 2. The minimum Gasteiger partial charge on any atom is -0.497 e. The second-order valence-electron chi connectivity index (χ2n) is 4.93. The van der Waals surface area contributed by atoms with Crippen LogP contribution in [0.5, 0.6) is 11.5 Å². The number of hydrogen-bond donors (Lipinski definition) is 1. The zero-order valence-electron chi connectivity index (χ0n) is 13.0. The second kappa shape index (κ2) is 7.09. The van der Waals surface area contributed by atoms with Gasteiger partial charge in [0.2, 0.25) is 0 Å². The summed E-state index contributed by atoms with van der Waals surface area (Å²) in [7, 11) is 3.05. The largest absolute Gasteiger partial charge is 0.497 e. The second-order valence-corrected chi connectivity index (χ2v) is 4.93. The predicted molar refractivity (Wildman–Crippen MR) is 81.8 cm³/mol. The lowest BCUT2D eigenvalue weighted by atomic mass is 10.1. The molecule has 0 fully saturated rings. The lowest BCUT2D eigenvalue weighted by Gasteiger charge is -2.18. The molecule has 0 saturated carbocycles. The minimum absolute atomic E-state index is 0.217. The molecular formula is C17H17F2NO3. The van der Waals surface area contributed by atoms with Crippen molar-refractivity contribution in [2.24, 2.45) is 0 Å². The Morgan fingerprint density at radius 2 is 1.83 bits per heavy atom. The topological polar surface area (TPSA) is 47.6 Å². The molecule has 0 bridgehead atoms. The van der Waals surface area contributed by atoms with Gasteiger partial charge in [-0.3, -0.25) is 4.79 Å². The highest BCUT2D eigenvalue weighted by molar-refractivity contribution is 5.94. The van der Waals surface area contributed by atoms with E-state index in [2.05, 4.69) is 5.32 Å². The van der Waals surface area contributed by atoms with Crippen LogP contribution in [0.15, 0.2) is 36.4 Å². The molecule has 2 aromatic rings. The van der Waals surface area contributed by atoms with Crippen molar-refractivity contribution in [2.75, 3.05) is 14.2 Å². The fourth-order valence-electron chi connectivity index (χ4n) is 2.20. The molecule has 0 aliphatic carbocycles. The summed E-state index contributed by atoms with van der Waals surface area (Å²) in [5.74, 6) is -1.11. The molecule has 2 aromatic carbocycles. The molecule has 0 aliphatic rings. The molecule has 23 heavy (non-hydrogen) atoms. The number of ether oxygens (including phenoxy) is 2. The third-order valence-electron chi connectivity index (χ3n) is 3.43. The van der Waals surface area contributed by atoms with E-state index in [1.165, 1.54) is 14.2 Å². The lowest BCUT2D eigenvalue weighted by Crippen LogP contribution is -2.27. The van der Waals surface area contributed by atoms with Crippen molar-refractivity contribution in [1.82, 2.24) is 5.32 Å². The molecule has 1 atom stereocenters. The van der Waals surface area contributed by atoms with E-state index in [-0.39, 0.29) is 5.56 Å². The van der Waals surface area contributed by atoms with Gasteiger partial charge in [-0.05, 0) is 31.2 Å². The van der Waals surface area contributed by atoms with Crippen LogP contribution >= 0.6 is 0 Å². The molecule has 0 aromatic heterocycles. The van der Waals surface area contributed by atoms with Crippen LogP contribution in [0.2, 0.25) is 0 Å². The van der Waals surface area contributed by atoms with Crippen molar-refractivity contribution in [1.29, 1.82) is 0 Å². The molecule has 1 N–H and O–H groups in total. The third kappa shape index (κ3) is 3.77. The zero-order valence-corrected chi connectivity index (χ0v) is 13.0. The molecule has 0 spiro atoms. The fraction of sp³-hybridized carbons (Fsp3) is 0.235. The summed E-state index contributed by atoms with van der Waals surface area (Å²) in [5, 5.41) is 2.66. The molecule has 6 heteroatoms. The number of benzene rings is 2. The van der Waals surface area contributed by atoms with E-state index in [9.17, 15) is 13.6 Å². The quantitative estimate of drug-likeness (QED) is 0.917. The standard InChI is InChI=1S/C17H17F2NO3/c1-10(13-7-5-12(22-2)9-16(13)23-3)20-17(21)14-6-4-11(18)8-15(14)19/h4-10H,1-3H3,(H,20,21). The Bertz CT molecular complexity index is 719. The first-order valence-corrected chi connectivity index (χ1v) is 6.94. The van der Waals surface area contributed by atoms with Crippen LogP contribution in [0.3, 0.4) is 0 Å². The van der Waals surface area contributed by atoms with Gasteiger partial charge in [-0.2, -0.15) is 0 Å². The van der Waals surface area contributed by atoms with Gasteiger partial charge in [0, 0.05) is 17.7 Å². The van der Waals surface area contributed by atoms with E-state index in [1.54, 1.807) is 25.1 Å². The molecule has 4 nitrogen and oxygen atoms in total. The molecule has 2 rings (SSSR count). The number of hydrogen-bond acceptors (Lipinski definition) is 3. The van der Waals surface area contributed by atoms with Gasteiger partial charge in [0.05, 0.1) is 25.8 Å². The molecule has 0 heterocycles. The highest BCUT2D eigenvalue weighted by Crippen LogP contribution is 2.29. The van der Waals surface area contributed by atoms with Crippen molar-refractivity contribution in [2.45, 2.75) is 13.0 Å². The Morgan fingerprint density at radius 3 is 2.43 bits per heavy atom. The maximum atomic E-state index is 13.7. The first-order chi connectivity index (χ1) is 11.0. The Morgan fingerprint density at radius 1 is 1.09 bits per heavy atom. The van der Waals surface area contributed by atoms with Gasteiger partial charge >= 0.3 is 0 Å². The number of rotatable bonds is 5. The molecular weight excluding hydrogens is 304 g/mol. The molecule has 0 saturated heterocycles. The van der Waals surface area contributed by atoms with E-state index in [0.717, 1.165) is 12.1 Å².